The van der Waals surface area contributed by atoms with E-state index in [1.807, 2.05) is 24.3 Å². The van der Waals surface area contributed by atoms with Gasteiger partial charge in [0.25, 0.3) is 0 Å². The second-order valence-corrected chi connectivity index (χ2v) is 7.65. The third-order valence-electron chi connectivity index (χ3n) is 4.94. The van der Waals surface area contributed by atoms with Crippen molar-refractivity contribution >= 4 is 5.91 Å². The van der Waals surface area contributed by atoms with Crippen molar-refractivity contribution in [1.82, 2.24) is 20.1 Å². The van der Waals surface area contributed by atoms with Crippen molar-refractivity contribution in [3.63, 3.8) is 0 Å². The van der Waals surface area contributed by atoms with Gasteiger partial charge in [-0.05, 0) is 31.2 Å². The molecule has 1 aromatic heterocycles. The number of methoxy groups -OCH3 is 1. The standard InChI is InChI=1S/C21H30N4O2/c1-15(2)8-11-19-23-24-20(25(19)17-9-10-17)12-13-21(26)22-14-16-6-4-5-7-18(16)27-3/h4-7,15,17H,8-14H2,1-3H3,(H,22,26). The Labute approximate surface area is 161 Å². The van der Waals surface area contributed by atoms with Gasteiger partial charge < -0.3 is 14.6 Å². The van der Waals surface area contributed by atoms with Crippen molar-refractivity contribution in [3.05, 3.63) is 41.5 Å². The molecule has 1 aliphatic carbocycles. The van der Waals surface area contributed by atoms with Crippen molar-refractivity contribution in [3.8, 4) is 5.75 Å². The van der Waals surface area contributed by atoms with Crippen LogP contribution in [0.5, 0.6) is 5.75 Å². The topological polar surface area (TPSA) is 69.0 Å². The molecular weight excluding hydrogens is 340 g/mol. The van der Waals surface area contributed by atoms with Crippen LogP contribution < -0.4 is 10.1 Å². The lowest BCUT2D eigenvalue weighted by Crippen LogP contribution is -2.23. The van der Waals surface area contributed by atoms with Crippen molar-refractivity contribution in [2.45, 2.75) is 65.0 Å². The smallest absolute Gasteiger partial charge is 0.220 e. The van der Waals surface area contributed by atoms with Crippen LogP contribution in [0.15, 0.2) is 24.3 Å². The Morgan fingerprint density at radius 1 is 1.22 bits per heavy atom. The number of hydrogen-bond donors (Lipinski definition) is 1. The Balaban J connectivity index is 1.54. The molecule has 27 heavy (non-hydrogen) atoms. The lowest BCUT2D eigenvalue weighted by molar-refractivity contribution is -0.121. The molecule has 3 rings (SSSR count). The number of nitrogens with one attached hydrogen (secondary N) is 1. The fourth-order valence-electron chi connectivity index (χ4n) is 3.23. The molecule has 1 aromatic carbocycles. The Morgan fingerprint density at radius 2 is 1.93 bits per heavy atom. The van der Waals surface area contributed by atoms with Crippen molar-refractivity contribution in [2.75, 3.05) is 7.11 Å². The molecule has 0 atom stereocenters. The van der Waals surface area contributed by atoms with Gasteiger partial charge in [0, 0.05) is 37.4 Å². The fourth-order valence-corrected chi connectivity index (χ4v) is 3.23. The van der Waals surface area contributed by atoms with Crippen LogP contribution in [0.1, 0.15) is 62.8 Å². The van der Waals surface area contributed by atoms with E-state index in [0.717, 1.165) is 35.8 Å². The molecule has 1 heterocycles. The van der Waals surface area contributed by atoms with Gasteiger partial charge in [-0.25, -0.2) is 0 Å². The third-order valence-corrected chi connectivity index (χ3v) is 4.94. The number of carbonyl (C=O) groups excluding carboxylic acids is 1. The highest BCUT2D eigenvalue weighted by Gasteiger charge is 2.29. The average Bonchev–Trinajstić information content (AvgIpc) is 3.43. The third kappa shape index (κ3) is 5.31. The molecule has 2 aromatic rings. The maximum Gasteiger partial charge on any atom is 0.220 e. The minimum absolute atomic E-state index is 0.0231. The van der Waals surface area contributed by atoms with Crippen LogP contribution in [0.2, 0.25) is 0 Å². The molecule has 0 bridgehead atoms. The van der Waals surface area contributed by atoms with Gasteiger partial charge in [0.2, 0.25) is 5.91 Å². The number of ether oxygens (including phenoxy) is 1. The average molecular weight is 370 g/mol. The summed E-state index contributed by atoms with van der Waals surface area (Å²) in [6, 6.07) is 8.27. The molecular formula is C21H30N4O2. The molecule has 0 aliphatic heterocycles. The summed E-state index contributed by atoms with van der Waals surface area (Å²) in [5.74, 6) is 3.49. The molecule has 1 amide bonds. The van der Waals surface area contributed by atoms with E-state index in [2.05, 4.69) is 33.9 Å². The summed E-state index contributed by atoms with van der Waals surface area (Å²) in [5.41, 5.74) is 0.977. The molecule has 1 fully saturated rings. The summed E-state index contributed by atoms with van der Waals surface area (Å²) in [5, 5.41) is 11.8. The van der Waals surface area contributed by atoms with Crippen molar-refractivity contribution in [1.29, 1.82) is 0 Å². The molecule has 0 spiro atoms. The molecule has 6 heteroatoms. The Morgan fingerprint density at radius 3 is 2.59 bits per heavy atom. The predicted octanol–water partition coefficient (Wildman–Crippen LogP) is 3.46. The molecule has 1 saturated carbocycles. The van der Waals surface area contributed by atoms with Gasteiger partial charge in [-0.3, -0.25) is 4.79 Å². The van der Waals surface area contributed by atoms with Gasteiger partial charge in [-0.2, -0.15) is 0 Å². The molecule has 0 radical (unpaired) electrons. The number of hydrogen-bond acceptors (Lipinski definition) is 4. The minimum atomic E-state index is 0.0231. The zero-order valence-electron chi connectivity index (χ0n) is 16.6. The highest BCUT2D eigenvalue weighted by molar-refractivity contribution is 5.76. The van der Waals surface area contributed by atoms with E-state index in [1.165, 1.54) is 12.8 Å². The zero-order chi connectivity index (χ0) is 19.2. The lowest BCUT2D eigenvalue weighted by Gasteiger charge is -2.11. The molecule has 1 N–H and O–H groups in total. The fraction of sp³-hybridized carbons (Fsp3) is 0.571. The first kappa shape index (κ1) is 19.4. The van der Waals surface area contributed by atoms with E-state index in [4.69, 9.17) is 4.74 Å². The van der Waals surface area contributed by atoms with Crippen LogP contribution in [0.25, 0.3) is 0 Å². The maximum absolute atomic E-state index is 12.3. The first-order chi connectivity index (χ1) is 13.1. The minimum Gasteiger partial charge on any atom is -0.496 e. The van der Waals surface area contributed by atoms with Gasteiger partial charge in [0.1, 0.15) is 17.4 Å². The van der Waals surface area contributed by atoms with E-state index in [9.17, 15) is 4.79 Å². The maximum atomic E-state index is 12.3. The largest absolute Gasteiger partial charge is 0.496 e. The summed E-state index contributed by atoms with van der Waals surface area (Å²) < 4.78 is 7.61. The number of para-hydroxylation sites is 1. The number of carbonyl (C=O) groups is 1. The summed E-state index contributed by atoms with van der Waals surface area (Å²) >= 11 is 0. The zero-order valence-corrected chi connectivity index (χ0v) is 16.6. The second-order valence-electron chi connectivity index (χ2n) is 7.65. The first-order valence-electron chi connectivity index (χ1n) is 9.89. The van der Waals surface area contributed by atoms with E-state index < -0.39 is 0 Å². The lowest BCUT2D eigenvalue weighted by atomic mass is 10.1. The van der Waals surface area contributed by atoms with Gasteiger partial charge in [0.05, 0.1) is 7.11 Å². The summed E-state index contributed by atoms with van der Waals surface area (Å²) in [4.78, 5) is 12.3. The summed E-state index contributed by atoms with van der Waals surface area (Å²) in [7, 11) is 1.64. The van der Waals surface area contributed by atoms with Gasteiger partial charge in [-0.15, -0.1) is 10.2 Å². The Hall–Kier alpha value is -2.37. The molecule has 0 saturated heterocycles. The monoisotopic (exact) mass is 370 g/mol. The van der Waals surface area contributed by atoms with Crippen molar-refractivity contribution in [2.24, 2.45) is 5.92 Å². The first-order valence-corrected chi connectivity index (χ1v) is 9.89. The summed E-state index contributed by atoms with van der Waals surface area (Å²) in [6.45, 7) is 4.92. The Bertz CT molecular complexity index is 765. The van der Waals surface area contributed by atoms with Crippen LogP contribution in [0.3, 0.4) is 0 Å². The van der Waals surface area contributed by atoms with Crippen LogP contribution in [0, 0.1) is 5.92 Å². The van der Waals surface area contributed by atoms with Crippen LogP contribution >= 0.6 is 0 Å². The van der Waals surface area contributed by atoms with Gasteiger partial charge in [0.15, 0.2) is 0 Å². The SMILES string of the molecule is COc1ccccc1CNC(=O)CCc1nnc(CCC(C)C)n1C1CC1. The quantitative estimate of drug-likeness (QED) is 0.695. The molecule has 1 aliphatic rings. The van der Waals surface area contributed by atoms with Crippen LogP contribution in [-0.2, 0) is 24.2 Å². The van der Waals surface area contributed by atoms with E-state index in [-0.39, 0.29) is 5.91 Å². The van der Waals surface area contributed by atoms with Crippen LogP contribution in [0.4, 0.5) is 0 Å². The van der Waals surface area contributed by atoms with Crippen LogP contribution in [-0.4, -0.2) is 27.8 Å². The number of amides is 1. The number of rotatable bonds is 10. The van der Waals surface area contributed by atoms with E-state index >= 15 is 0 Å². The second kappa shape index (κ2) is 9.02. The molecule has 146 valence electrons. The highest BCUT2D eigenvalue weighted by Crippen LogP contribution is 2.37. The number of nitrogens with zero attached hydrogens (tertiary/aromatic N) is 3. The van der Waals surface area contributed by atoms with E-state index in [0.29, 0.717) is 31.3 Å². The number of aryl methyl sites for hydroxylation is 2. The van der Waals surface area contributed by atoms with Gasteiger partial charge >= 0.3 is 0 Å². The molecule has 6 nitrogen and oxygen atoms in total. The van der Waals surface area contributed by atoms with E-state index in [1.54, 1.807) is 7.11 Å². The van der Waals surface area contributed by atoms with Crippen molar-refractivity contribution < 1.29 is 9.53 Å². The highest BCUT2D eigenvalue weighted by atomic mass is 16.5. The van der Waals surface area contributed by atoms with Gasteiger partial charge in [-0.1, -0.05) is 32.0 Å². The number of aromatic nitrogens is 3. The Kier molecular flexibility index (Phi) is 6.48. The predicted molar refractivity (Wildman–Crippen MR) is 105 cm³/mol. The summed E-state index contributed by atoms with van der Waals surface area (Å²) in [6.07, 6.45) is 5.51. The number of benzene rings is 1. The normalized spacial score (nSPS) is 13.8. The molecule has 0 unspecified atom stereocenters.